The van der Waals surface area contributed by atoms with Crippen molar-refractivity contribution < 1.29 is 5.11 Å². The van der Waals surface area contributed by atoms with Crippen molar-refractivity contribution in [3.63, 3.8) is 0 Å². The van der Waals surface area contributed by atoms with Crippen LogP contribution in [-0.4, -0.2) is 10.7 Å². The van der Waals surface area contributed by atoms with E-state index < -0.39 is 5.60 Å². The second kappa shape index (κ2) is 3.87. The third-order valence-electron chi connectivity index (χ3n) is 5.30. The number of fused-ring (bicyclic) bond motifs is 1. The van der Waals surface area contributed by atoms with E-state index in [0.29, 0.717) is 17.3 Å². The van der Waals surface area contributed by atoms with E-state index >= 15 is 0 Å². The van der Waals surface area contributed by atoms with E-state index in [-0.39, 0.29) is 0 Å². The van der Waals surface area contributed by atoms with Crippen LogP contribution in [0, 0.1) is 17.3 Å². The maximum atomic E-state index is 10.6. The number of rotatable bonds is 1. The maximum absolute atomic E-state index is 10.6. The van der Waals surface area contributed by atoms with E-state index in [9.17, 15) is 5.11 Å². The summed E-state index contributed by atoms with van der Waals surface area (Å²) in [5.41, 5.74) is 1.25. The van der Waals surface area contributed by atoms with Crippen molar-refractivity contribution in [1.29, 1.82) is 0 Å². The molecule has 0 saturated heterocycles. The van der Waals surface area contributed by atoms with Gasteiger partial charge in [-0.3, -0.25) is 0 Å². The summed E-state index contributed by atoms with van der Waals surface area (Å²) < 4.78 is 0. The van der Waals surface area contributed by atoms with Gasteiger partial charge in [0.1, 0.15) is 0 Å². The molecule has 2 fully saturated rings. The summed E-state index contributed by atoms with van der Waals surface area (Å²) in [6, 6.07) is 0. The maximum Gasteiger partial charge on any atom is 0.0653 e. The van der Waals surface area contributed by atoms with Crippen LogP contribution in [0.3, 0.4) is 0 Å². The molecule has 1 heteroatoms. The molecule has 0 aromatic rings. The molecular formula is C15H26O. The largest absolute Gasteiger partial charge is 0.390 e. The summed E-state index contributed by atoms with van der Waals surface area (Å²) in [7, 11) is 0. The van der Waals surface area contributed by atoms with E-state index in [0.717, 1.165) is 12.8 Å². The van der Waals surface area contributed by atoms with Gasteiger partial charge in [0.15, 0.2) is 0 Å². The molecule has 2 aliphatic carbocycles. The molecule has 0 aliphatic heterocycles. The molecule has 2 aliphatic rings. The molecule has 1 nitrogen and oxygen atoms in total. The van der Waals surface area contributed by atoms with Crippen LogP contribution in [0.4, 0.5) is 0 Å². The average molecular weight is 222 g/mol. The zero-order chi connectivity index (χ0) is 12.0. The highest BCUT2D eigenvalue weighted by Crippen LogP contribution is 2.56. The lowest BCUT2D eigenvalue weighted by Gasteiger charge is -2.54. The van der Waals surface area contributed by atoms with Crippen molar-refractivity contribution in [2.75, 3.05) is 0 Å². The monoisotopic (exact) mass is 222 g/mol. The fourth-order valence-electron chi connectivity index (χ4n) is 4.14. The van der Waals surface area contributed by atoms with Crippen molar-refractivity contribution in [3.8, 4) is 0 Å². The van der Waals surface area contributed by atoms with Gasteiger partial charge in [-0.25, -0.2) is 0 Å². The van der Waals surface area contributed by atoms with Crippen LogP contribution < -0.4 is 0 Å². The molecule has 16 heavy (non-hydrogen) atoms. The Morgan fingerprint density at radius 1 is 1.25 bits per heavy atom. The van der Waals surface area contributed by atoms with Gasteiger partial charge < -0.3 is 5.11 Å². The lowest BCUT2D eigenvalue weighted by Crippen LogP contribution is -2.51. The molecule has 0 radical (unpaired) electrons. The minimum atomic E-state index is -0.443. The molecule has 0 heterocycles. The Kier molecular flexibility index (Phi) is 2.94. The van der Waals surface area contributed by atoms with Crippen LogP contribution in [0.5, 0.6) is 0 Å². The normalized spacial score (nSPS) is 48.5. The zero-order valence-electron chi connectivity index (χ0n) is 11.1. The van der Waals surface area contributed by atoms with E-state index in [4.69, 9.17) is 0 Å². The molecule has 0 aromatic carbocycles. The minimum absolute atomic E-state index is 0.383. The van der Waals surface area contributed by atoms with Gasteiger partial charge in [0.2, 0.25) is 0 Å². The van der Waals surface area contributed by atoms with Gasteiger partial charge in [0, 0.05) is 0 Å². The molecule has 4 atom stereocenters. The third-order valence-corrected chi connectivity index (χ3v) is 5.30. The highest BCUT2D eigenvalue weighted by atomic mass is 16.3. The SMILES string of the molecule is C=C(C)[C@@H]1CC[C@]2(C)CCC[C@](C)(O)[C@@H]2C1. The van der Waals surface area contributed by atoms with Crippen LogP contribution in [0.25, 0.3) is 0 Å². The summed E-state index contributed by atoms with van der Waals surface area (Å²) in [6.45, 7) is 10.7. The number of hydrogen-bond donors (Lipinski definition) is 1. The number of hydrogen-bond acceptors (Lipinski definition) is 1. The Labute approximate surface area is 99.9 Å². The molecule has 1 N–H and O–H groups in total. The zero-order valence-corrected chi connectivity index (χ0v) is 11.1. The van der Waals surface area contributed by atoms with Crippen molar-refractivity contribution in [3.05, 3.63) is 12.2 Å². The Morgan fingerprint density at radius 3 is 2.56 bits per heavy atom. The second-order valence-electron chi connectivity index (χ2n) is 6.73. The summed E-state index contributed by atoms with van der Waals surface area (Å²) >= 11 is 0. The Bertz CT molecular complexity index is 292. The van der Waals surface area contributed by atoms with Gasteiger partial charge in [-0.1, -0.05) is 25.5 Å². The van der Waals surface area contributed by atoms with Crippen molar-refractivity contribution >= 4 is 0 Å². The number of allylic oxidation sites excluding steroid dienone is 1. The first-order chi connectivity index (χ1) is 7.35. The molecule has 0 spiro atoms. The fraction of sp³-hybridized carbons (Fsp3) is 0.867. The molecule has 2 saturated carbocycles. The fourth-order valence-corrected chi connectivity index (χ4v) is 4.14. The lowest BCUT2D eigenvalue weighted by atomic mass is 9.53. The quantitative estimate of drug-likeness (QED) is 0.667. The number of aliphatic hydroxyl groups is 1. The van der Waals surface area contributed by atoms with Crippen molar-refractivity contribution in [2.24, 2.45) is 17.3 Å². The molecular weight excluding hydrogens is 196 g/mol. The van der Waals surface area contributed by atoms with Gasteiger partial charge in [-0.15, -0.1) is 0 Å². The van der Waals surface area contributed by atoms with E-state index in [2.05, 4.69) is 27.4 Å². The van der Waals surface area contributed by atoms with Gasteiger partial charge in [-0.05, 0) is 63.2 Å². The first kappa shape index (κ1) is 12.2. The van der Waals surface area contributed by atoms with Crippen LogP contribution >= 0.6 is 0 Å². The summed E-state index contributed by atoms with van der Waals surface area (Å²) in [4.78, 5) is 0. The molecule has 0 amide bonds. The average Bonchev–Trinajstić information content (AvgIpc) is 2.15. The van der Waals surface area contributed by atoms with E-state index in [1.165, 1.54) is 31.3 Å². The summed E-state index contributed by atoms with van der Waals surface area (Å²) in [6.07, 6.45) is 7.17. The molecule has 0 aromatic heterocycles. The van der Waals surface area contributed by atoms with Crippen LogP contribution in [-0.2, 0) is 0 Å². The topological polar surface area (TPSA) is 20.2 Å². The van der Waals surface area contributed by atoms with Crippen molar-refractivity contribution in [1.82, 2.24) is 0 Å². The highest BCUT2D eigenvalue weighted by molar-refractivity contribution is 5.07. The second-order valence-corrected chi connectivity index (χ2v) is 6.73. The summed E-state index contributed by atoms with van der Waals surface area (Å²) in [5.74, 6) is 1.12. The van der Waals surface area contributed by atoms with Crippen LogP contribution in [0.1, 0.15) is 59.3 Å². The lowest BCUT2D eigenvalue weighted by molar-refractivity contribution is -0.120. The van der Waals surface area contributed by atoms with E-state index in [1.807, 2.05) is 0 Å². The third kappa shape index (κ3) is 1.95. The first-order valence-corrected chi connectivity index (χ1v) is 6.73. The Balaban J connectivity index is 2.21. The predicted octanol–water partition coefficient (Wildman–Crippen LogP) is 3.92. The predicted molar refractivity (Wildman–Crippen MR) is 68.2 cm³/mol. The Morgan fingerprint density at radius 2 is 1.94 bits per heavy atom. The smallest absolute Gasteiger partial charge is 0.0653 e. The van der Waals surface area contributed by atoms with Gasteiger partial charge >= 0.3 is 0 Å². The molecule has 2 rings (SSSR count). The van der Waals surface area contributed by atoms with Gasteiger partial charge in [-0.2, -0.15) is 0 Å². The molecule has 0 unspecified atom stereocenters. The molecule has 0 bridgehead atoms. The van der Waals surface area contributed by atoms with Crippen LogP contribution in [0.15, 0.2) is 12.2 Å². The minimum Gasteiger partial charge on any atom is -0.390 e. The van der Waals surface area contributed by atoms with Gasteiger partial charge in [0.25, 0.3) is 0 Å². The molecule has 92 valence electrons. The van der Waals surface area contributed by atoms with Crippen LogP contribution in [0.2, 0.25) is 0 Å². The standard InChI is InChI=1S/C15H26O/c1-11(2)12-6-9-14(3)7-5-8-15(4,16)13(14)10-12/h12-13,16H,1,5-10H2,2-4H3/t12-,13-,14+,15+/m1/s1. The van der Waals surface area contributed by atoms with Gasteiger partial charge in [0.05, 0.1) is 5.60 Å². The van der Waals surface area contributed by atoms with E-state index in [1.54, 1.807) is 0 Å². The highest BCUT2D eigenvalue weighted by Gasteiger charge is 2.50. The first-order valence-electron chi connectivity index (χ1n) is 6.73. The summed E-state index contributed by atoms with van der Waals surface area (Å²) in [5, 5.41) is 10.6. The Hall–Kier alpha value is -0.300. The van der Waals surface area contributed by atoms with Crippen molar-refractivity contribution in [2.45, 2.75) is 64.9 Å².